The maximum atomic E-state index is 11.9. The van der Waals surface area contributed by atoms with Gasteiger partial charge < -0.3 is 5.32 Å². The van der Waals surface area contributed by atoms with Crippen LogP contribution in [0.1, 0.15) is 24.2 Å². The minimum atomic E-state index is -0.0218. The van der Waals surface area contributed by atoms with E-state index in [2.05, 4.69) is 24.1 Å². The number of hydrogen-bond acceptors (Lipinski definition) is 2. The van der Waals surface area contributed by atoms with Crippen LogP contribution in [0.15, 0.2) is 48.8 Å². The molecule has 2 aromatic rings. The van der Waals surface area contributed by atoms with Crippen molar-refractivity contribution in [3.8, 4) is 11.1 Å². The van der Waals surface area contributed by atoms with Gasteiger partial charge >= 0.3 is 0 Å². The molecule has 0 saturated heterocycles. The number of benzene rings is 1. The van der Waals surface area contributed by atoms with Gasteiger partial charge in [-0.3, -0.25) is 9.78 Å². The predicted molar refractivity (Wildman–Crippen MR) is 76.8 cm³/mol. The van der Waals surface area contributed by atoms with Crippen LogP contribution < -0.4 is 5.32 Å². The minimum absolute atomic E-state index is 0.0218. The van der Waals surface area contributed by atoms with Crippen molar-refractivity contribution in [3.63, 3.8) is 0 Å². The van der Waals surface area contributed by atoms with Gasteiger partial charge in [0.25, 0.3) is 5.91 Å². The smallest absolute Gasteiger partial charge is 0.251 e. The van der Waals surface area contributed by atoms with E-state index in [1.807, 2.05) is 42.6 Å². The van der Waals surface area contributed by atoms with Gasteiger partial charge in [0.05, 0.1) is 0 Å². The average molecular weight is 254 g/mol. The molecule has 0 fully saturated rings. The molecule has 0 aliphatic rings. The van der Waals surface area contributed by atoms with Crippen LogP contribution >= 0.6 is 0 Å². The van der Waals surface area contributed by atoms with E-state index < -0.39 is 0 Å². The van der Waals surface area contributed by atoms with Crippen LogP contribution in [0.5, 0.6) is 0 Å². The summed E-state index contributed by atoms with van der Waals surface area (Å²) in [5.41, 5.74) is 2.80. The summed E-state index contributed by atoms with van der Waals surface area (Å²) >= 11 is 0. The van der Waals surface area contributed by atoms with Crippen molar-refractivity contribution < 1.29 is 4.79 Å². The Morgan fingerprint density at radius 3 is 2.47 bits per heavy atom. The molecule has 1 heterocycles. The monoisotopic (exact) mass is 254 g/mol. The molecule has 0 bridgehead atoms. The molecule has 2 rings (SSSR count). The second-order valence-corrected chi connectivity index (χ2v) is 4.92. The second kappa shape index (κ2) is 6.14. The molecule has 1 aromatic carbocycles. The Hall–Kier alpha value is -2.16. The van der Waals surface area contributed by atoms with E-state index >= 15 is 0 Å². The molecule has 3 heteroatoms. The third kappa shape index (κ3) is 3.65. The fourth-order valence-corrected chi connectivity index (χ4v) is 1.75. The summed E-state index contributed by atoms with van der Waals surface area (Å²) in [5.74, 6) is 0.435. The van der Waals surface area contributed by atoms with Crippen LogP contribution in [0, 0.1) is 5.92 Å². The van der Waals surface area contributed by atoms with E-state index in [4.69, 9.17) is 0 Å². The molecule has 0 aliphatic heterocycles. The zero-order valence-electron chi connectivity index (χ0n) is 11.3. The Bertz CT molecular complexity index is 532. The number of carbonyl (C=O) groups is 1. The summed E-state index contributed by atoms with van der Waals surface area (Å²) in [7, 11) is 0. The number of aromatic nitrogens is 1. The standard InChI is InChI=1S/C16H18N2O/c1-12(2)10-18-16(19)14-7-5-13(6-8-14)15-4-3-9-17-11-15/h3-9,11-12H,10H2,1-2H3,(H,18,19). The zero-order chi connectivity index (χ0) is 13.7. The molecule has 0 atom stereocenters. The van der Waals surface area contributed by atoms with E-state index in [0.717, 1.165) is 11.1 Å². The lowest BCUT2D eigenvalue weighted by molar-refractivity contribution is 0.0949. The Kier molecular flexibility index (Phi) is 4.29. The lowest BCUT2D eigenvalue weighted by atomic mass is 10.1. The largest absolute Gasteiger partial charge is 0.352 e. The highest BCUT2D eigenvalue weighted by Gasteiger charge is 2.06. The first-order chi connectivity index (χ1) is 9.16. The molecule has 0 aliphatic carbocycles. The van der Waals surface area contributed by atoms with E-state index in [-0.39, 0.29) is 5.91 Å². The summed E-state index contributed by atoms with van der Waals surface area (Å²) in [6.45, 7) is 4.85. The second-order valence-electron chi connectivity index (χ2n) is 4.92. The average Bonchev–Trinajstić information content (AvgIpc) is 2.46. The van der Waals surface area contributed by atoms with Crippen LogP contribution in [-0.4, -0.2) is 17.4 Å². The van der Waals surface area contributed by atoms with Crippen molar-refractivity contribution in [1.82, 2.24) is 10.3 Å². The summed E-state index contributed by atoms with van der Waals surface area (Å²) < 4.78 is 0. The molecule has 1 N–H and O–H groups in total. The van der Waals surface area contributed by atoms with Gasteiger partial charge in [-0.2, -0.15) is 0 Å². The first kappa shape index (κ1) is 13.3. The van der Waals surface area contributed by atoms with Crippen molar-refractivity contribution in [2.24, 2.45) is 5.92 Å². The van der Waals surface area contributed by atoms with E-state index in [1.165, 1.54) is 0 Å². The first-order valence-corrected chi connectivity index (χ1v) is 6.45. The SMILES string of the molecule is CC(C)CNC(=O)c1ccc(-c2cccnc2)cc1. The number of carbonyl (C=O) groups excluding carboxylic acids is 1. The van der Waals surface area contributed by atoms with E-state index in [0.29, 0.717) is 18.0 Å². The van der Waals surface area contributed by atoms with Crippen LogP contribution in [-0.2, 0) is 0 Å². The Labute approximate surface area is 113 Å². The summed E-state index contributed by atoms with van der Waals surface area (Å²) in [4.78, 5) is 16.0. The molecule has 1 amide bonds. The Morgan fingerprint density at radius 2 is 1.89 bits per heavy atom. The molecule has 0 saturated carbocycles. The summed E-state index contributed by atoms with van der Waals surface area (Å²) in [6.07, 6.45) is 3.56. The molecule has 98 valence electrons. The van der Waals surface area contributed by atoms with Crippen LogP contribution in [0.25, 0.3) is 11.1 Å². The van der Waals surface area contributed by atoms with Gasteiger partial charge in [0, 0.05) is 24.5 Å². The number of nitrogens with one attached hydrogen (secondary N) is 1. The topological polar surface area (TPSA) is 42.0 Å². The number of amides is 1. The van der Waals surface area contributed by atoms with Gasteiger partial charge in [0.1, 0.15) is 0 Å². The van der Waals surface area contributed by atoms with Gasteiger partial charge in [-0.15, -0.1) is 0 Å². The molecule has 3 nitrogen and oxygen atoms in total. The zero-order valence-corrected chi connectivity index (χ0v) is 11.3. The van der Waals surface area contributed by atoms with E-state index in [1.54, 1.807) is 6.20 Å². The minimum Gasteiger partial charge on any atom is -0.352 e. The highest BCUT2D eigenvalue weighted by molar-refractivity contribution is 5.94. The molecule has 0 unspecified atom stereocenters. The fourth-order valence-electron chi connectivity index (χ4n) is 1.75. The van der Waals surface area contributed by atoms with Gasteiger partial charge in [-0.1, -0.05) is 32.0 Å². The lowest BCUT2D eigenvalue weighted by Gasteiger charge is -2.08. The van der Waals surface area contributed by atoms with Crippen molar-refractivity contribution in [3.05, 3.63) is 54.4 Å². The predicted octanol–water partition coefficient (Wildman–Crippen LogP) is 3.13. The quantitative estimate of drug-likeness (QED) is 0.910. The van der Waals surface area contributed by atoms with Gasteiger partial charge in [0.15, 0.2) is 0 Å². The molecular weight excluding hydrogens is 236 g/mol. The fraction of sp³-hybridized carbons (Fsp3) is 0.250. The van der Waals surface area contributed by atoms with Crippen molar-refractivity contribution in [2.75, 3.05) is 6.54 Å². The van der Waals surface area contributed by atoms with Gasteiger partial charge in [-0.25, -0.2) is 0 Å². The van der Waals surface area contributed by atoms with Crippen LogP contribution in [0.4, 0.5) is 0 Å². The molecule has 0 spiro atoms. The molecule has 19 heavy (non-hydrogen) atoms. The highest BCUT2D eigenvalue weighted by atomic mass is 16.1. The number of rotatable bonds is 4. The Balaban J connectivity index is 2.08. The third-order valence-corrected chi connectivity index (χ3v) is 2.81. The first-order valence-electron chi connectivity index (χ1n) is 6.45. The third-order valence-electron chi connectivity index (χ3n) is 2.81. The highest BCUT2D eigenvalue weighted by Crippen LogP contribution is 2.18. The summed E-state index contributed by atoms with van der Waals surface area (Å²) in [5, 5.41) is 2.91. The van der Waals surface area contributed by atoms with Crippen LogP contribution in [0.2, 0.25) is 0 Å². The maximum Gasteiger partial charge on any atom is 0.251 e. The lowest BCUT2D eigenvalue weighted by Crippen LogP contribution is -2.27. The summed E-state index contributed by atoms with van der Waals surface area (Å²) in [6, 6.07) is 11.5. The normalized spacial score (nSPS) is 10.5. The van der Waals surface area contributed by atoms with Crippen molar-refractivity contribution in [2.45, 2.75) is 13.8 Å². The van der Waals surface area contributed by atoms with Crippen LogP contribution in [0.3, 0.4) is 0 Å². The Morgan fingerprint density at radius 1 is 1.16 bits per heavy atom. The van der Waals surface area contributed by atoms with Gasteiger partial charge in [0.2, 0.25) is 0 Å². The van der Waals surface area contributed by atoms with Crippen molar-refractivity contribution in [1.29, 1.82) is 0 Å². The molecule has 1 aromatic heterocycles. The molecular formula is C16H18N2O. The van der Waals surface area contributed by atoms with E-state index in [9.17, 15) is 4.79 Å². The van der Waals surface area contributed by atoms with Gasteiger partial charge in [-0.05, 0) is 35.2 Å². The maximum absolute atomic E-state index is 11.9. The number of pyridine rings is 1. The number of hydrogen-bond donors (Lipinski definition) is 1. The molecule has 0 radical (unpaired) electrons. The van der Waals surface area contributed by atoms with Crippen molar-refractivity contribution >= 4 is 5.91 Å². The number of nitrogens with zero attached hydrogens (tertiary/aromatic N) is 1.